The summed E-state index contributed by atoms with van der Waals surface area (Å²) in [7, 11) is 0. The van der Waals surface area contributed by atoms with Crippen LogP contribution in [0.3, 0.4) is 0 Å². The number of unbranched alkanes of at least 4 members (excludes halogenated alkanes) is 47. The van der Waals surface area contributed by atoms with E-state index >= 15 is 0 Å². The number of aliphatic hydroxyl groups excluding tert-OH is 5. The summed E-state index contributed by atoms with van der Waals surface area (Å²) in [5, 5.41) is 54.6. The second kappa shape index (κ2) is 66.1. The molecule has 1 fully saturated rings. The van der Waals surface area contributed by atoms with E-state index in [-0.39, 0.29) is 18.5 Å². The van der Waals surface area contributed by atoms with Crippen LogP contribution >= 0.6 is 0 Å². The van der Waals surface area contributed by atoms with Crippen LogP contribution in [0.2, 0.25) is 0 Å². The Morgan fingerprint density at radius 1 is 0.420 bits per heavy atom. The Morgan fingerprint density at radius 2 is 0.773 bits per heavy atom. The zero-order valence-corrected chi connectivity index (χ0v) is 57.4. The van der Waals surface area contributed by atoms with Crippen LogP contribution in [0, 0.1) is 0 Å². The summed E-state index contributed by atoms with van der Waals surface area (Å²) in [5.41, 5.74) is 0. The highest BCUT2D eigenvalue weighted by molar-refractivity contribution is 5.76. The molecule has 0 aliphatic carbocycles. The average molecular weight is 1240 g/mol. The van der Waals surface area contributed by atoms with E-state index in [4.69, 9.17) is 14.2 Å². The maximum absolute atomic E-state index is 13.1. The summed E-state index contributed by atoms with van der Waals surface area (Å²) in [5.74, 6) is -0.180. The van der Waals surface area contributed by atoms with Gasteiger partial charge in [0.15, 0.2) is 6.29 Å². The standard InChI is InChI=1S/C77H143NO10/c1-3-5-7-9-11-13-15-17-37-40-43-47-51-55-59-63-70(80)69(68-87-77-76(85)75(84)74(83)71(67-79)88-77)78-72(81)64-60-56-52-48-44-41-38-35-33-31-29-27-25-23-21-19-18-20-22-24-26-28-30-32-34-36-39-42-46-50-54-58-62-66-86-73(82)65-61-57-53-49-45-16-14-12-10-8-6-4-2/h22,24,28,30,43,47,59,63,69-71,74-77,79-80,83-85H,3-21,23,25-27,29,31-42,44-46,48-58,60-62,64-68H2,1-2H3,(H,78,81)/b24-22-,30-28-,47-43+,63-59+. The van der Waals surface area contributed by atoms with E-state index < -0.39 is 49.5 Å². The van der Waals surface area contributed by atoms with Crippen molar-refractivity contribution in [1.82, 2.24) is 5.32 Å². The summed E-state index contributed by atoms with van der Waals surface area (Å²) in [4.78, 5) is 25.1. The lowest BCUT2D eigenvalue weighted by Crippen LogP contribution is -2.60. The number of hydrogen-bond donors (Lipinski definition) is 6. The first-order chi connectivity index (χ1) is 43.2. The van der Waals surface area contributed by atoms with Gasteiger partial charge in [-0.3, -0.25) is 9.59 Å². The van der Waals surface area contributed by atoms with Crippen LogP contribution in [-0.2, 0) is 23.8 Å². The van der Waals surface area contributed by atoms with Gasteiger partial charge in [0.05, 0.1) is 32.0 Å². The summed E-state index contributed by atoms with van der Waals surface area (Å²) in [6.07, 6.45) is 76.9. The number of aliphatic hydroxyl groups is 5. The first kappa shape index (κ1) is 83.6. The van der Waals surface area contributed by atoms with Crippen molar-refractivity contribution in [3.05, 3.63) is 48.6 Å². The summed E-state index contributed by atoms with van der Waals surface area (Å²) in [6.45, 7) is 4.36. The quantitative estimate of drug-likeness (QED) is 0.0195. The molecule has 11 heteroatoms. The molecule has 11 nitrogen and oxygen atoms in total. The van der Waals surface area contributed by atoms with Gasteiger partial charge in [0.25, 0.3) is 0 Å². The van der Waals surface area contributed by atoms with Gasteiger partial charge in [0.2, 0.25) is 5.91 Å². The van der Waals surface area contributed by atoms with Gasteiger partial charge >= 0.3 is 5.97 Å². The molecule has 0 radical (unpaired) electrons. The lowest BCUT2D eigenvalue weighted by molar-refractivity contribution is -0.302. The highest BCUT2D eigenvalue weighted by Gasteiger charge is 2.44. The van der Waals surface area contributed by atoms with Gasteiger partial charge < -0.3 is 45.1 Å². The Hall–Kier alpha value is -2.38. The maximum atomic E-state index is 13.1. The SMILES string of the molecule is CCCCCCCCCCC/C=C/CC/C=C/C(O)C(COC1OC(CO)C(O)C(O)C1O)NC(=O)CCCCCCCCCCCCCCCCCCC/C=C\C/C=C\CCCCCCCCCCCOC(=O)CCCCCCCCCCCCCC. The molecule has 1 heterocycles. The van der Waals surface area contributed by atoms with Gasteiger partial charge in [0.1, 0.15) is 24.4 Å². The molecule has 6 N–H and O–H groups in total. The highest BCUT2D eigenvalue weighted by Crippen LogP contribution is 2.23. The monoisotopic (exact) mass is 1240 g/mol. The smallest absolute Gasteiger partial charge is 0.305 e. The molecular weight excluding hydrogens is 1100 g/mol. The fraction of sp³-hybridized carbons (Fsp3) is 0.870. The topological polar surface area (TPSA) is 175 Å². The first-order valence-electron chi connectivity index (χ1n) is 37.9. The van der Waals surface area contributed by atoms with Crippen molar-refractivity contribution >= 4 is 11.9 Å². The van der Waals surface area contributed by atoms with Gasteiger partial charge in [-0.25, -0.2) is 0 Å². The molecule has 7 unspecified atom stereocenters. The molecule has 0 bridgehead atoms. The number of rotatable bonds is 67. The van der Waals surface area contributed by atoms with Crippen LogP contribution in [0.5, 0.6) is 0 Å². The Kier molecular flexibility index (Phi) is 62.8. The number of hydrogen-bond acceptors (Lipinski definition) is 10. The first-order valence-corrected chi connectivity index (χ1v) is 37.9. The predicted molar refractivity (Wildman–Crippen MR) is 370 cm³/mol. The molecule has 1 rings (SSSR count). The average Bonchev–Trinajstić information content (AvgIpc) is 3.68. The predicted octanol–water partition coefficient (Wildman–Crippen LogP) is 19.9. The van der Waals surface area contributed by atoms with Crippen molar-refractivity contribution in [2.75, 3.05) is 19.8 Å². The summed E-state index contributed by atoms with van der Waals surface area (Å²) in [6, 6.07) is -0.827. The zero-order valence-electron chi connectivity index (χ0n) is 57.4. The Balaban J connectivity index is 1.98. The fourth-order valence-corrected chi connectivity index (χ4v) is 12.0. The molecule has 0 aromatic heterocycles. The number of ether oxygens (including phenoxy) is 3. The minimum Gasteiger partial charge on any atom is -0.466 e. The Bertz CT molecular complexity index is 1600. The van der Waals surface area contributed by atoms with E-state index in [0.717, 1.165) is 64.2 Å². The van der Waals surface area contributed by atoms with E-state index in [0.29, 0.717) is 19.4 Å². The molecule has 516 valence electrons. The van der Waals surface area contributed by atoms with Gasteiger partial charge in [0, 0.05) is 12.8 Å². The molecule has 1 amide bonds. The minimum atomic E-state index is -1.58. The summed E-state index contributed by atoms with van der Waals surface area (Å²) < 4.78 is 16.8. The number of esters is 1. The van der Waals surface area contributed by atoms with Crippen LogP contribution in [0.15, 0.2) is 48.6 Å². The van der Waals surface area contributed by atoms with E-state index in [1.807, 2.05) is 6.08 Å². The number of carbonyl (C=O) groups excluding carboxylic acids is 2. The van der Waals surface area contributed by atoms with Crippen LogP contribution < -0.4 is 5.32 Å². The van der Waals surface area contributed by atoms with E-state index in [2.05, 4.69) is 55.6 Å². The van der Waals surface area contributed by atoms with Crippen LogP contribution in [0.25, 0.3) is 0 Å². The lowest BCUT2D eigenvalue weighted by atomic mass is 9.99. The second-order valence-electron chi connectivity index (χ2n) is 26.3. The highest BCUT2D eigenvalue weighted by atomic mass is 16.7. The lowest BCUT2D eigenvalue weighted by Gasteiger charge is -2.40. The summed E-state index contributed by atoms with van der Waals surface area (Å²) >= 11 is 0. The Labute approximate surface area is 542 Å². The zero-order chi connectivity index (χ0) is 63.7. The van der Waals surface area contributed by atoms with Gasteiger partial charge in [-0.05, 0) is 77.0 Å². The van der Waals surface area contributed by atoms with Crippen molar-refractivity contribution in [2.45, 2.75) is 410 Å². The maximum Gasteiger partial charge on any atom is 0.305 e. The van der Waals surface area contributed by atoms with Crippen LogP contribution in [0.4, 0.5) is 0 Å². The fourth-order valence-electron chi connectivity index (χ4n) is 12.0. The van der Waals surface area contributed by atoms with Gasteiger partial charge in [-0.1, -0.05) is 326 Å². The molecule has 0 saturated carbocycles. The minimum absolute atomic E-state index is 0.00767. The van der Waals surface area contributed by atoms with E-state index in [1.54, 1.807) is 6.08 Å². The third-order valence-corrected chi connectivity index (χ3v) is 17.9. The Morgan fingerprint density at radius 3 is 1.19 bits per heavy atom. The van der Waals surface area contributed by atoms with E-state index in [9.17, 15) is 35.1 Å². The van der Waals surface area contributed by atoms with Gasteiger partial charge in [-0.15, -0.1) is 0 Å². The number of nitrogens with one attached hydrogen (secondary N) is 1. The van der Waals surface area contributed by atoms with Crippen molar-refractivity contribution in [3.8, 4) is 0 Å². The molecule has 0 spiro atoms. The third kappa shape index (κ3) is 54.2. The van der Waals surface area contributed by atoms with Gasteiger partial charge in [-0.2, -0.15) is 0 Å². The largest absolute Gasteiger partial charge is 0.466 e. The molecule has 7 atom stereocenters. The molecule has 1 saturated heterocycles. The second-order valence-corrected chi connectivity index (χ2v) is 26.3. The number of carbonyl (C=O) groups is 2. The van der Waals surface area contributed by atoms with E-state index in [1.165, 1.54) is 276 Å². The van der Waals surface area contributed by atoms with Crippen LogP contribution in [-0.4, -0.2) is 100 Å². The normalized spacial score (nSPS) is 18.0. The number of allylic oxidation sites excluding steroid dienone is 7. The molecular formula is C77H143NO10. The molecule has 0 aromatic rings. The van der Waals surface area contributed by atoms with Crippen LogP contribution in [0.1, 0.15) is 367 Å². The van der Waals surface area contributed by atoms with Crippen molar-refractivity contribution in [3.63, 3.8) is 0 Å². The third-order valence-electron chi connectivity index (χ3n) is 17.9. The molecule has 1 aliphatic rings. The number of amides is 1. The molecule has 1 aliphatic heterocycles. The van der Waals surface area contributed by atoms with Crippen molar-refractivity contribution in [2.24, 2.45) is 0 Å². The van der Waals surface area contributed by atoms with Crippen molar-refractivity contribution in [1.29, 1.82) is 0 Å². The molecule has 88 heavy (non-hydrogen) atoms. The van der Waals surface area contributed by atoms with Crippen molar-refractivity contribution < 1.29 is 49.3 Å². The molecule has 0 aromatic carbocycles.